The van der Waals surface area contributed by atoms with Crippen LogP contribution in [0.5, 0.6) is 0 Å². The van der Waals surface area contributed by atoms with Crippen molar-refractivity contribution in [1.82, 2.24) is 10.2 Å². The van der Waals surface area contributed by atoms with E-state index in [4.69, 9.17) is 0 Å². The van der Waals surface area contributed by atoms with Gasteiger partial charge in [0, 0.05) is 12.1 Å². The number of rotatable bonds is 4. The first-order valence-electron chi connectivity index (χ1n) is 8.06. The lowest BCUT2D eigenvalue weighted by atomic mass is 9.79. The fourth-order valence-electron chi connectivity index (χ4n) is 3.60. The molecule has 2 fully saturated rings. The second kappa shape index (κ2) is 6.25. The summed E-state index contributed by atoms with van der Waals surface area (Å²) in [6.07, 6.45) is 4.70. The highest BCUT2D eigenvalue weighted by Crippen LogP contribution is 2.30. The first-order valence-corrected chi connectivity index (χ1v) is 8.06. The number of carbonyl (C=O) groups is 2. The molecule has 1 heterocycles. The Labute approximate surface area is 122 Å². The van der Waals surface area contributed by atoms with Crippen LogP contribution in [-0.2, 0) is 9.59 Å². The van der Waals surface area contributed by atoms with Gasteiger partial charge in [0.05, 0.1) is 12.5 Å². The molecule has 0 aromatic rings. The van der Waals surface area contributed by atoms with Crippen LogP contribution in [0.2, 0.25) is 0 Å². The third-order valence-corrected chi connectivity index (χ3v) is 5.06. The molecule has 20 heavy (non-hydrogen) atoms. The van der Waals surface area contributed by atoms with Gasteiger partial charge in [-0.25, -0.2) is 0 Å². The predicted octanol–water partition coefficient (Wildman–Crippen LogP) is 2.33. The molecule has 2 rings (SSSR count). The van der Waals surface area contributed by atoms with E-state index in [-0.39, 0.29) is 23.9 Å². The number of imide groups is 1. The van der Waals surface area contributed by atoms with Crippen LogP contribution in [0.3, 0.4) is 0 Å². The average Bonchev–Trinajstić information content (AvgIpc) is 2.67. The monoisotopic (exact) mass is 280 g/mol. The van der Waals surface area contributed by atoms with Gasteiger partial charge in [-0.3, -0.25) is 14.5 Å². The summed E-state index contributed by atoms with van der Waals surface area (Å²) < 4.78 is 0. The highest BCUT2D eigenvalue weighted by molar-refractivity contribution is 6.05. The summed E-state index contributed by atoms with van der Waals surface area (Å²) in [4.78, 5) is 25.9. The Morgan fingerprint density at radius 1 is 1.30 bits per heavy atom. The van der Waals surface area contributed by atoms with E-state index < -0.39 is 0 Å². The second-order valence-electron chi connectivity index (χ2n) is 6.78. The van der Waals surface area contributed by atoms with Gasteiger partial charge >= 0.3 is 0 Å². The third kappa shape index (κ3) is 3.05. The van der Waals surface area contributed by atoms with E-state index in [1.165, 1.54) is 17.7 Å². The van der Waals surface area contributed by atoms with Crippen LogP contribution in [0.1, 0.15) is 59.8 Å². The number of nitrogens with one attached hydrogen (secondary N) is 1. The fourth-order valence-corrected chi connectivity index (χ4v) is 3.60. The van der Waals surface area contributed by atoms with Gasteiger partial charge in [-0.05, 0) is 44.4 Å². The molecule has 1 aliphatic heterocycles. The molecule has 0 spiro atoms. The molecule has 2 amide bonds. The second-order valence-corrected chi connectivity index (χ2v) is 6.78. The molecule has 0 aromatic heterocycles. The number of hydrogen-bond acceptors (Lipinski definition) is 3. The standard InChI is InChI=1S/C16H28N2O2/c1-5-12(4)18-15(19)9-14(16(18)20)17-13-7-6-10(2)8-11(13)3/h10-14,17H,5-9H2,1-4H3. The van der Waals surface area contributed by atoms with E-state index in [0.29, 0.717) is 18.4 Å². The zero-order valence-electron chi connectivity index (χ0n) is 13.2. The Morgan fingerprint density at radius 2 is 2.00 bits per heavy atom. The molecular formula is C16H28N2O2. The molecule has 0 radical (unpaired) electrons. The third-order valence-electron chi connectivity index (χ3n) is 5.06. The largest absolute Gasteiger partial charge is 0.302 e. The van der Waals surface area contributed by atoms with E-state index in [2.05, 4.69) is 19.2 Å². The molecule has 1 N–H and O–H groups in total. The maximum Gasteiger partial charge on any atom is 0.247 e. The number of likely N-dealkylation sites (tertiary alicyclic amines) is 1. The maximum atomic E-state index is 12.4. The Kier molecular flexibility index (Phi) is 4.84. The minimum Gasteiger partial charge on any atom is -0.302 e. The van der Waals surface area contributed by atoms with Crippen LogP contribution in [-0.4, -0.2) is 34.8 Å². The summed E-state index contributed by atoms with van der Waals surface area (Å²) in [5, 5.41) is 3.47. The van der Waals surface area contributed by atoms with Crippen molar-refractivity contribution in [2.75, 3.05) is 0 Å². The van der Waals surface area contributed by atoms with Gasteiger partial charge in [-0.1, -0.05) is 20.8 Å². The first-order chi connectivity index (χ1) is 9.43. The lowest BCUT2D eigenvalue weighted by Gasteiger charge is -2.34. The van der Waals surface area contributed by atoms with Crippen LogP contribution >= 0.6 is 0 Å². The maximum absolute atomic E-state index is 12.4. The minimum absolute atomic E-state index is 0.0151. The normalized spacial score (nSPS) is 36.5. The van der Waals surface area contributed by atoms with Crippen LogP contribution in [0.25, 0.3) is 0 Å². The topological polar surface area (TPSA) is 49.4 Å². The Hall–Kier alpha value is -0.900. The molecule has 5 unspecified atom stereocenters. The first kappa shape index (κ1) is 15.5. The van der Waals surface area contributed by atoms with E-state index in [9.17, 15) is 9.59 Å². The SMILES string of the molecule is CCC(C)N1C(=O)CC(NC2CCC(C)CC2C)C1=O. The van der Waals surface area contributed by atoms with Gasteiger partial charge in [0.15, 0.2) is 0 Å². The van der Waals surface area contributed by atoms with Crippen molar-refractivity contribution in [3.8, 4) is 0 Å². The quantitative estimate of drug-likeness (QED) is 0.804. The van der Waals surface area contributed by atoms with Crippen molar-refractivity contribution < 1.29 is 9.59 Å². The van der Waals surface area contributed by atoms with E-state index in [0.717, 1.165) is 18.8 Å². The minimum atomic E-state index is -0.294. The van der Waals surface area contributed by atoms with Gasteiger partial charge in [0.1, 0.15) is 0 Å². The highest BCUT2D eigenvalue weighted by Gasteiger charge is 2.42. The molecule has 4 nitrogen and oxygen atoms in total. The summed E-state index contributed by atoms with van der Waals surface area (Å²) in [6, 6.07) is 0.104. The summed E-state index contributed by atoms with van der Waals surface area (Å²) >= 11 is 0. The van der Waals surface area contributed by atoms with Crippen LogP contribution in [0.15, 0.2) is 0 Å². The molecule has 4 heteroatoms. The predicted molar refractivity (Wildman–Crippen MR) is 79.1 cm³/mol. The van der Waals surface area contributed by atoms with E-state index in [1.54, 1.807) is 0 Å². The summed E-state index contributed by atoms with van der Waals surface area (Å²) in [5.41, 5.74) is 0. The average molecular weight is 280 g/mol. The molecule has 5 atom stereocenters. The van der Waals surface area contributed by atoms with Crippen LogP contribution < -0.4 is 5.32 Å². The number of nitrogens with zero attached hydrogens (tertiary/aromatic N) is 1. The van der Waals surface area contributed by atoms with Crippen molar-refractivity contribution in [2.24, 2.45) is 11.8 Å². The van der Waals surface area contributed by atoms with Crippen molar-refractivity contribution >= 4 is 11.8 Å². The van der Waals surface area contributed by atoms with Gasteiger partial charge in [-0.15, -0.1) is 0 Å². The van der Waals surface area contributed by atoms with Gasteiger partial charge < -0.3 is 5.32 Å². The number of amides is 2. The van der Waals surface area contributed by atoms with Crippen molar-refractivity contribution in [1.29, 1.82) is 0 Å². The Balaban J connectivity index is 1.97. The fraction of sp³-hybridized carbons (Fsp3) is 0.875. The molecule has 1 aliphatic carbocycles. The molecule has 1 saturated heterocycles. The highest BCUT2D eigenvalue weighted by atomic mass is 16.2. The van der Waals surface area contributed by atoms with Gasteiger partial charge in [0.25, 0.3) is 0 Å². The lowest BCUT2D eigenvalue weighted by Crippen LogP contribution is -2.49. The van der Waals surface area contributed by atoms with Crippen molar-refractivity contribution in [3.05, 3.63) is 0 Å². The lowest BCUT2D eigenvalue weighted by molar-refractivity contribution is -0.141. The molecule has 114 valence electrons. The zero-order chi connectivity index (χ0) is 14.9. The van der Waals surface area contributed by atoms with E-state index in [1.807, 2.05) is 13.8 Å². The Morgan fingerprint density at radius 3 is 2.60 bits per heavy atom. The summed E-state index contributed by atoms with van der Waals surface area (Å²) in [5.74, 6) is 1.33. The van der Waals surface area contributed by atoms with E-state index >= 15 is 0 Å². The number of hydrogen-bond donors (Lipinski definition) is 1. The van der Waals surface area contributed by atoms with Crippen LogP contribution in [0, 0.1) is 11.8 Å². The smallest absolute Gasteiger partial charge is 0.247 e. The number of carbonyl (C=O) groups excluding carboxylic acids is 2. The summed E-state index contributed by atoms with van der Waals surface area (Å²) in [7, 11) is 0. The van der Waals surface area contributed by atoms with Gasteiger partial charge in [-0.2, -0.15) is 0 Å². The molecule has 0 bridgehead atoms. The molecule has 1 saturated carbocycles. The summed E-state index contributed by atoms with van der Waals surface area (Å²) in [6.45, 7) is 8.50. The van der Waals surface area contributed by atoms with Crippen molar-refractivity contribution in [3.63, 3.8) is 0 Å². The molecular weight excluding hydrogens is 252 g/mol. The zero-order valence-corrected chi connectivity index (χ0v) is 13.2. The molecule has 2 aliphatic rings. The van der Waals surface area contributed by atoms with Crippen molar-refractivity contribution in [2.45, 2.75) is 77.9 Å². The van der Waals surface area contributed by atoms with Crippen LogP contribution in [0.4, 0.5) is 0 Å². The van der Waals surface area contributed by atoms with Gasteiger partial charge in [0.2, 0.25) is 11.8 Å². The molecule has 0 aromatic carbocycles. The Bertz CT molecular complexity index is 383.